The summed E-state index contributed by atoms with van der Waals surface area (Å²) in [4.78, 5) is 11.9. The first-order valence-electron chi connectivity index (χ1n) is 7.70. The minimum Gasteiger partial charge on any atom is -0.490 e. The van der Waals surface area contributed by atoms with Gasteiger partial charge in [0.1, 0.15) is 0 Å². The summed E-state index contributed by atoms with van der Waals surface area (Å²) in [7, 11) is 0. The molecular formula is C18H19ClFNO3. The van der Waals surface area contributed by atoms with Gasteiger partial charge >= 0.3 is 0 Å². The SMILES string of the molecule is CCOc1ccccc1OCCCC(=O)Nc1cccc(Cl)c1F. The van der Waals surface area contributed by atoms with E-state index >= 15 is 0 Å². The van der Waals surface area contributed by atoms with Crippen LogP contribution in [-0.2, 0) is 4.79 Å². The molecular weight excluding hydrogens is 333 g/mol. The molecule has 2 aromatic rings. The fourth-order valence-electron chi connectivity index (χ4n) is 2.07. The molecule has 0 atom stereocenters. The van der Waals surface area contributed by atoms with Gasteiger partial charge in [0.2, 0.25) is 5.91 Å². The van der Waals surface area contributed by atoms with Crippen molar-refractivity contribution < 1.29 is 18.7 Å². The van der Waals surface area contributed by atoms with Crippen LogP contribution in [0.4, 0.5) is 10.1 Å². The number of anilines is 1. The Labute approximate surface area is 145 Å². The fourth-order valence-corrected chi connectivity index (χ4v) is 2.25. The van der Waals surface area contributed by atoms with Crippen molar-refractivity contribution in [2.75, 3.05) is 18.5 Å². The number of nitrogens with one attached hydrogen (secondary N) is 1. The molecule has 6 heteroatoms. The van der Waals surface area contributed by atoms with Gasteiger partial charge in [0.05, 0.1) is 23.9 Å². The van der Waals surface area contributed by atoms with Crippen LogP contribution in [0.3, 0.4) is 0 Å². The Morgan fingerprint density at radius 1 is 1.12 bits per heavy atom. The lowest BCUT2D eigenvalue weighted by atomic mass is 10.2. The Morgan fingerprint density at radius 2 is 1.83 bits per heavy atom. The normalized spacial score (nSPS) is 10.3. The molecule has 0 spiro atoms. The molecule has 0 saturated carbocycles. The van der Waals surface area contributed by atoms with E-state index in [0.717, 1.165) is 0 Å². The maximum Gasteiger partial charge on any atom is 0.224 e. The van der Waals surface area contributed by atoms with Crippen LogP contribution in [0, 0.1) is 5.82 Å². The van der Waals surface area contributed by atoms with E-state index in [2.05, 4.69) is 5.32 Å². The highest BCUT2D eigenvalue weighted by molar-refractivity contribution is 6.31. The van der Waals surface area contributed by atoms with E-state index in [4.69, 9.17) is 21.1 Å². The third kappa shape index (κ3) is 5.13. The van der Waals surface area contributed by atoms with E-state index in [-0.39, 0.29) is 23.0 Å². The summed E-state index contributed by atoms with van der Waals surface area (Å²) in [6.45, 7) is 2.81. The first-order valence-corrected chi connectivity index (χ1v) is 8.08. The Morgan fingerprint density at radius 3 is 2.54 bits per heavy atom. The number of carbonyl (C=O) groups is 1. The molecule has 2 rings (SSSR count). The first-order chi connectivity index (χ1) is 11.6. The zero-order chi connectivity index (χ0) is 17.4. The summed E-state index contributed by atoms with van der Waals surface area (Å²) in [5, 5.41) is 2.48. The van der Waals surface area contributed by atoms with Crippen LogP contribution in [0.2, 0.25) is 5.02 Å². The molecule has 0 fully saturated rings. The molecule has 0 saturated heterocycles. The number of hydrogen-bond acceptors (Lipinski definition) is 3. The lowest BCUT2D eigenvalue weighted by Gasteiger charge is -2.11. The van der Waals surface area contributed by atoms with Crippen molar-refractivity contribution in [1.82, 2.24) is 0 Å². The van der Waals surface area contributed by atoms with Gasteiger partial charge in [-0.2, -0.15) is 0 Å². The van der Waals surface area contributed by atoms with Gasteiger partial charge in [0, 0.05) is 6.42 Å². The number of para-hydroxylation sites is 2. The molecule has 128 valence electrons. The summed E-state index contributed by atoms with van der Waals surface area (Å²) in [5.74, 6) is 0.387. The van der Waals surface area contributed by atoms with E-state index in [9.17, 15) is 9.18 Å². The second kappa shape index (κ2) is 9.13. The van der Waals surface area contributed by atoms with Gasteiger partial charge in [-0.15, -0.1) is 0 Å². The molecule has 0 bridgehead atoms. The van der Waals surface area contributed by atoms with Gasteiger partial charge < -0.3 is 14.8 Å². The maximum atomic E-state index is 13.7. The van der Waals surface area contributed by atoms with Crippen molar-refractivity contribution in [3.05, 3.63) is 53.3 Å². The van der Waals surface area contributed by atoms with Crippen LogP contribution in [0.15, 0.2) is 42.5 Å². The highest BCUT2D eigenvalue weighted by atomic mass is 35.5. The minimum atomic E-state index is -0.630. The third-order valence-electron chi connectivity index (χ3n) is 3.18. The highest BCUT2D eigenvalue weighted by Crippen LogP contribution is 2.26. The van der Waals surface area contributed by atoms with Crippen molar-refractivity contribution in [3.63, 3.8) is 0 Å². The largest absolute Gasteiger partial charge is 0.490 e. The monoisotopic (exact) mass is 351 g/mol. The van der Waals surface area contributed by atoms with Gasteiger partial charge in [0.25, 0.3) is 0 Å². The van der Waals surface area contributed by atoms with E-state index < -0.39 is 5.82 Å². The second-order valence-electron chi connectivity index (χ2n) is 4.98. The van der Waals surface area contributed by atoms with Gasteiger partial charge in [-0.3, -0.25) is 4.79 Å². The minimum absolute atomic E-state index is 0.0244. The average molecular weight is 352 g/mol. The van der Waals surface area contributed by atoms with Crippen molar-refractivity contribution in [3.8, 4) is 11.5 Å². The molecule has 0 radical (unpaired) electrons. The Balaban J connectivity index is 1.78. The number of carbonyl (C=O) groups excluding carboxylic acids is 1. The van der Waals surface area contributed by atoms with E-state index in [0.29, 0.717) is 31.1 Å². The second-order valence-corrected chi connectivity index (χ2v) is 5.39. The summed E-state index contributed by atoms with van der Waals surface area (Å²) < 4.78 is 24.8. The summed E-state index contributed by atoms with van der Waals surface area (Å²) in [6, 6.07) is 11.8. The molecule has 0 aliphatic carbocycles. The first kappa shape index (κ1) is 18.1. The van der Waals surface area contributed by atoms with Crippen molar-refractivity contribution in [2.24, 2.45) is 0 Å². The van der Waals surface area contributed by atoms with Crippen LogP contribution in [0.5, 0.6) is 11.5 Å². The third-order valence-corrected chi connectivity index (χ3v) is 3.47. The van der Waals surface area contributed by atoms with Gasteiger partial charge in [-0.1, -0.05) is 29.8 Å². The van der Waals surface area contributed by atoms with Crippen LogP contribution in [0.1, 0.15) is 19.8 Å². The molecule has 1 N–H and O–H groups in total. The Kier molecular flexibility index (Phi) is 6.88. The highest BCUT2D eigenvalue weighted by Gasteiger charge is 2.10. The number of amides is 1. The Hall–Kier alpha value is -2.27. The van der Waals surface area contributed by atoms with Crippen molar-refractivity contribution in [2.45, 2.75) is 19.8 Å². The fraction of sp³-hybridized carbons (Fsp3) is 0.278. The Bertz CT molecular complexity index is 694. The van der Waals surface area contributed by atoms with Gasteiger partial charge in [-0.05, 0) is 37.6 Å². The van der Waals surface area contributed by atoms with Crippen LogP contribution >= 0.6 is 11.6 Å². The molecule has 4 nitrogen and oxygen atoms in total. The summed E-state index contributed by atoms with van der Waals surface area (Å²) in [6.07, 6.45) is 0.706. The topological polar surface area (TPSA) is 47.6 Å². The van der Waals surface area contributed by atoms with Crippen LogP contribution in [0.25, 0.3) is 0 Å². The standard InChI is InChI=1S/C18H19ClFNO3/c1-2-23-15-9-3-4-10-16(15)24-12-6-11-17(22)21-14-8-5-7-13(19)18(14)20/h3-5,7-10H,2,6,11-12H2,1H3,(H,21,22). The van der Waals surface area contributed by atoms with Crippen molar-refractivity contribution in [1.29, 1.82) is 0 Å². The number of hydrogen-bond donors (Lipinski definition) is 1. The molecule has 0 aromatic heterocycles. The van der Waals surface area contributed by atoms with E-state index in [1.54, 1.807) is 6.07 Å². The quantitative estimate of drug-likeness (QED) is 0.703. The number of halogens is 2. The zero-order valence-corrected chi connectivity index (χ0v) is 14.1. The smallest absolute Gasteiger partial charge is 0.224 e. The predicted octanol–water partition coefficient (Wildman–Crippen LogP) is 4.68. The number of rotatable bonds is 8. The lowest BCUT2D eigenvalue weighted by molar-refractivity contribution is -0.116. The molecule has 0 unspecified atom stereocenters. The molecule has 0 aliphatic rings. The average Bonchev–Trinajstić information content (AvgIpc) is 2.57. The summed E-state index contributed by atoms with van der Waals surface area (Å²) >= 11 is 5.67. The van der Waals surface area contributed by atoms with Crippen LogP contribution in [-0.4, -0.2) is 19.1 Å². The number of ether oxygens (including phenoxy) is 2. The van der Waals surface area contributed by atoms with Crippen molar-refractivity contribution >= 4 is 23.2 Å². The number of benzene rings is 2. The maximum absolute atomic E-state index is 13.7. The molecule has 2 aromatic carbocycles. The molecule has 0 aliphatic heterocycles. The summed E-state index contributed by atoms with van der Waals surface area (Å²) in [5.41, 5.74) is 0.0788. The van der Waals surface area contributed by atoms with E-state index in [1.807, 2.05) is 31.2 Å². The predicted molar refractivity (Wildman–Crippen MR) is 92.4 cm³/mol. The van der Waals surface area contributed by atoms with Gasteiger partial charge in [-0.25, -0.2) is 4.39 Å². The van der Waals surface area contributed by atoms with Gasteiger partial charge in [0.15, 0.2) is 17.3 Å². The zero-order valence-electron chi connectivity index (χ0n) is 13.4. The lowest BCUT2D eigenvalue weighted by Crippen LogP contribution is -2.14. The van der Waals surface area contributed by atoms with E-state index in [1.165, 1.54) is 12.1 Å². The molecule has 24 heavy (non-hydrogen) atoms. The molecule has 0 heterocycles. The van der Waals surface area contributed by atoms with Crippen LogP contribution < -0.4 is 14.8 Å². The molecule has 1 amide bonds.